The Kier molecular flexibility index (Phi) is 7.72. The van der Waals surface area contributed by atoms with Crippen LogP contribution in [-0.4, -0.2) is 28.3 Å². The molecule has 4 aromatic carbocycles. The average molecular weight is 573 g/mol. The summed E-state index contributed by atoms with van der Waals surface area (Å²) in [6, 6.07) is 25.5. The summed E-state index contributed by atoms with van der Waals surface area (Å²) in [5.74, 6) is -0.278. The van der Waals surface area contributed by atoms with E-state index in [0.29, 0.717) is 43.7 Å². The van der Waals surface area contributed by atoms with Crippen LogP contribution in [0.1, 0.15) is 20.7 Å². The third-order valence-corrected chi connectivity index (χ3v) is 6.41. The van der Waals surface area contributed by atoms with E-state index in [2.05, 4.69) is 4.98 Å². The van der Waals surface area contributed by atoms with E-state index in [1.165, 1.54) is 36.4 Å². The third kappa shape index (κ3) is 6.09. The van der Waals surface area contributed by atoms with Crippen molar-refractivity contribution in [3.05, 3.63) is 128 Å². The maximum atomic E-state index is 13.1. The molecule has 8 nitrogen and oxygen atoms in total. The summed E-state index contributed by atoms with van der Waals surface area (Å²) in [6.45, 7) is -0.484. The lowest BCUT2D eigenvalue weighted by Crippen LogP contribution is -2.15. The Morgan fingerprint density at radius 1 is 0.800 bits per heavy atom. The Morgan fingerprint density at radius 2 is 1.43 bits per heavy atom. The molecule has 5 aromatic rings. The van der Waals surface area contributed by atoms with Crippen LogP contribution in [0.4, 0.5) is 5.69 Å². The molecule has 40 heavy (non-hydrogen) atoms. The second-order valence-electron chi connectivity index (χ2n) is 8.60. The van der Waals surface area contributed by atoms with Crippen LogP contribution >= 0.6 is 23.2 Å². The van der Waals surface area contributed by atoms with Gasteiger partial charge in [0.25, 0.3) is 5.69 Å². The first-order chi connectivity index (χ1) is 19.3. The topological polar surface area (TPSA) is 109 Å². The minimum Gasteiger partial charge on any atom is -0.457 e. The van der Waals surface area contributed by atoms with E-state index in [0.717, 1.165) is 5.56 Å². The molecule has 0 aliphatic heterocycles. The molecular weight excluding hydrogens is 555 g/mol. The first-order valence-electron chi connectivity index (χ1n) is 11.9. The van der Waals surface area contributed by atoms with E-state index in [1.807, 2.05) is 0 Å². The zero-order valence-corrected chi connectivity index (χ0v) is 22.1. The normalized spacial score (nSPS) is 10.8. The number of ketones is 1. The maximum absolute atomic E-state index is 13.1. The van der Waals surface area contributed by atoms with Gasteiger partial charge in [-0.15, -0.1) is 0 Å². The lowest BCUT2D eigenvalue weighted by Gasteiger charge is -2.11. The number of hydrogen-bond donors (Lipinski definition) is 0. The molecule has 0 bridgehead atoms. The molecule has 0 aliphatic carbocycles. The smallest absolute Gasteiger partial charge is 0.339 e. The average Bonchev–Trinajstić information content (AvgIpc) is 2.96. The molecule has 0 saturated carbocycles. The van der Waals surface area contributed by atoms with E-state index in [4.69, 9.17) is 32.7 Å². The first kappa shape index (κ1) is 26.8. The van der Waals surface area contributed by atoms with E-state index in [-0.39, 0.29) is 11.3 Å². The summed E-state index contributed by atoms with van der Waals surface area (Å²) >= 11 is 12.2. The summed E-state index contributed by atoms with van der Waals surface area (Å²) in [7, 11) is 0. The zero-order valence-electron chi connectivity index (χ0n) is 20.5. The van der Waals surface area contributed by atoms with E-state index < -0.39 is 23.3 Å². The number of non-ortho nitro benzene ring substituents is 1. The van der Waals surface area contributed by atoms with Crippen molar-refractivity contribution < 1.29 is 24.0 Å². The van der Waals surface area contributed by atoms with E-state index in [1.54, 1.807) is 60.7 Å². The number of nitro groups is 1. The number of nitrogens with zero attached hydrogens (tertiary/aromatic N) is 2. The van der Waals surface area contributed by atoms with E-state index in [9.17, 15) is 19.7 Å². The van der Waals surface area contributed by atoms with Gasteiger partial charge in [0.1, 0.15) is 11.5 Å². The van der Waals surface area contributed by atoms with Gasteiger partial charge in [-0.1, -0.05) is 35.3 Å². The molecule has 0 atom stereocenters. The monoisotopic (exact) mass is 572 g/mol. The highest BCUT2D eigenvalue weighted by Crippen LogP contribution is 2.29. The van der Waals surface area contributed by atoms with Crippen molar-refractivity contribution in [3.8, 4) is 22.8 Å². The minimum atomic E-state index is -0.698. The number of benzene rings is 4. The molecule has 198 valence electrons. The van der Waals surface area contributed by atoms with Gasteiger partial charge in [-0.05, 0) is 72.8 Å². The summed E-state index contributed by atoms with van der Waals surface area (Å²) in [5, 5.41) is 12.3. The highest BCUT2D eigenvalue weighted by atomic mass is 35.5. The van der Waals surface area contributed by atoms with Crippen LogP contribution < -0.4 is 4.74 Å². The van der Waals surface area contributed by atoms with Crippen molar-refractivity contribution in [2.75, 3.05) is 6.61 Å². The van der Waals surface area contributed by atoms with E-state index >= 15 is 0 Å². The summed E-state index contributed by atoms with van der Waals surface area (Å²) in [5.41, 5.74) is 2.31. The highest BCUT2D eigenvalue weighted by molar-refractivity contribution is 6.31. The van der Waals surface area contributed by atoms with Crippen molar-refractivity contribution >= 4 is 51.5 Å². The fourth-order valence-corrected chi connectivity index (χ4v) is 4.21. The second kappa shape index (κ2) is 11.5. The standard InChI is InChI=1S/C30H18Cl2N2O6/c31-20-5-1-18(2-6-20)28-16-26(25-15-21(32)7-14-27(25)33-28)30(36)39-17-29(35)19-3-10-23(11-4-19)40-24-12-8-22(9-13-24)34(37)38/h1-16H,17H2. The Balaban J connectivity index is 1.30. The molecule has 0 amide bonds. The van der Waals surface area contributed by atoms with Gasteiger partial charge in [0, 0.05) is 38.7 Å². The number of Topliss-reactive ketones (excluding diaryl/α,β-unsaturated/α-hetero) is 1. The van der Waals surface area contributed by atoms with Gasteiger partial charge in [0.05, 0.1) is 21.7 Å². The van der Waals surface area contributed by atoms with Crippen molar-refractivity contribution in [2.45, 2.75) is 0 Å². The Hall–Kier alpha value is -4.79. The minimum absolute atomic E-state index is 0.0492. The zero-order chi connectivity index (χ0) is 28.2. The van der Waals surface area contributed by atoms with Crippen LogP contribution in [0.2, 0.25) is 10.0 Å². The van der Waals surface area contributed by atoms with Crippen LogP contribution in [0.25, 0.3) is 22.2 Å². The number of halogens is 2. The summed E-state index contributed by atoms with van der Waals surface area (Å²) in [4.78, 5) is 40.8. The number of rotatable bonds is 8. The molecule has 0 aliphatic rings. The van der Waals surface area contributed by atoms with Crippen molar-refractivity contribution in [1.82, 2.24) is 4.98 Å². The van der Waals surface area contributed by atoms with Crippen molar-refractivity contribution in [2.24, 2.45) is 0 Å². The maximum Gasteiger partial charge on any atom is 0.339 e. The molecule has 0 spiro atoms. The van der Waals surface area contributed by atoms with Crippen molar-refractivity contribution in [3.63, 3.8) is 0 Å². The SMILES string of the molecule is O=C(COC(=O)c1cc(-c2ccc(Cl)cc2)nc2ccc(Cl)cc12)c1ccc(Oc2ccc([N+](=O)[O-])cc2)cc1. The number of ether oxygens (including phenoxy) is 2. The fraction of sp³-hybridized carbons (Fsp3) is 0.0333. The lowest BCUT2D eigenvalue weighted by molar-refractivity contribution is -0.384. The van der Waals surface area contributed by atoms with Crippen LogP contribution in [0, 0.1) is 10.1 Å². The molecule has 0 saturated heterocycles. The number of hydrogen-bond acceptors (Lipinski definition) is 7. The Bertz CT molecular complexity index is 1740. The van der Waals surface area contributed by atoms with Crippen LogP contribution in [0.3, 0.4) is 0 Å². The predicted octanol–water partition coefficient (Wildman–Crippen LogP) is 7.95. The third-order valence-electron chi connectivity index (χ3n) is 5.92. The number of aromatic nitrogens is 1. The molecule has 5 rings (SSSR count). The van der Waals surface area contributed by atoms with Gasteiger partial charge in [0.15, 0.2) is 12.4 Å². The molecule has 1 aromatic heterocycles. The van der Waals surface area contributed by atoms with Gasteiger partial charge in [-0.3, -0.25) is 14.9 Å². The number of nitro benzene ring substituents is 1. The highest BCUT2D eigenvalue weighted by Gasteiger charge is 2.18. The van der Waals surface area contributed by atoms with Crippen LogP contribution in [0.5, 0.6) is 11.5 Å². The number of pyridine rings is 1. The van der Waals surface area contributed by atoms with Crippen molar-refractivity contribution in [1.29, 1.82) is 0 Å². The van der Waals surface area contributed by atoms with Crippen LogP contribution in [0.15, 0.2) is 97.1 Å². The van der Waals surface area contributed by atoms with Gasteiger partial charge in [0.2, 0.25) is 0 Å². The number of carbonyl (C=O) groups is 2. The second-order valence-corrected chi connectivity index (χ2v) is 9.47. The molecule has 10 heteroatoms. The molecular formula is C30H18Cl2N2O6. The Labute approximate surface area is 237 Å². The number of fused-ring (bicyclic) bond motifs is 1. The fourth-order valence-electron chi connectivity index (χ4n) is 3.91. The molecule has 0 fully saturated rings. The number of esters is 1. The number of carbonyl (C=O) groups excluding carboxylic acids is 2. The first-order valence-corrected chi connectivity index (χ1v) is 12.6. The van der Waals surface area contributed by atoms with Gasteiger partial charge >= 0.3 is 5.97 Å². The van der Waals surface area contributed by atoms with Gasteiger partial charge < -0.3 is 9.47 Å². The quantitative estimate of drug-likeness (QED) is 0.0802. The molecule has 0 N–H and O–H groups in total. The van der Waals surface area contributed by atoms with Crippen LogP contribution in [-0.2, 0) is 4.74 Å². The lowest BCUT2D eigenvalue weighted by atomic mass is 10.0. The Morgan fingerprint density at radius 3 is 2.08 bits per heavy atom. The summed E-state index contributed by atoms with van der Waals surface area (Å²) in [6.07, 6.45) is 0. The predicted molar refractivity (Wildman–Crippen MR) is 151 cm³/mol. The molecule has 0 unspecified atom stereocenters. The summed E-state index contributed by atoms with van der Waals surface area (Å²) < 4.78 is 11.1. The molecule has 0 radical (unpaired) electrons. The van der Waals surface area contributed by atoms with Gasteiger partial charge in [-0.2, -0.15) is 0 Å². The molecule has 1 heterocycles. The largest absolute Gasteiger partial charge is 0.457 e. The van der Waals surface area contributed by atoms with Gasteiger partial charge in [-0.25, -0.2) is 9.78 Å².